The van der Waals surface area contributed by atoms with Crippen molar-refractivity contribution in [1.29, 1.82) is 0 Å². The van der Waals surface area contributed by atoms with Crippen LogP contribution in [0.15, 0.2) is 18.2 Å². The Morgan fingerprint density at radius 1 is 1.25 bits per heavy atom. The Hall–Kier alpha value is -1.26. The molecule has 1 aromatic carbocycles. The number of hydrogen-bond acceptors (Lipinski definition) is 3. The fourth-order valence-corrected chi connectivity index (χ4v) is 2.17. The molecule has 6 heteroatoms. The largest absolute Gasteiger partial charge is 0.464 e. The predicted molar refractivity (Wildman–Crippen MR) is 76.9 cm³/mol. The van der Waals surface area contributed by atoms with Crippen LogP contribution in [-0.2, 0) is 20.7 Å². The molecule has 1 aromatic rings. The minimum Gasteiger partial charge on any atom is -0.464 e. The standard InChI is InChI=1S/C14H15Cl2NO3/c15-11-2-1-3-12(16)10(11)6-13(18)17-7-14(19)20-8-9-4-5-9/h1-3,9H,4-8H2,(H,17,18). The number of nitrogens with one attached hydrogen (secondary N) is 1. The number of halogens is 2. The summed E-state index contributed by atoms with van der Waals surface area (Å²) >= 11 is 11.9. The van der Waals surface area contributed by atoms with E-state index in [1.54, 1.807) is 18.2 Å². The van der Waals surface area contributed by atoms with E-state index in [9.17, 15) is 9.59 Å². The summed E-state index contributed by atoms with van der Waals surface area (Å²) < 4.78 is 5.01. The highest BCUT2D eigenvalue weighted by molar-refractivity contribution is 6.36. The van der Waals surface area contributed by atoms with Gasteiger partial charge in [0, 0.05) is 10.0 Å². The molecule has 0 aliphatic heterocycles. The molecule has 0 atom stereocenters. The van der Waals surface area contributed by atoms with E-state index in [0.717, 1.165) is 12.8 Å². The van der Waals surface area contributed by atoms with E-state index in [1.807, 2.05) is 0 Å². The molecule has 1 aliphatic rings. The Kier molecular flexibility index (Phi) is 5.26. The molecule has 20 heavy (non-hydrogen) atoms. The van der Waals surface area contributed by atoms with Crippen LogP contribution in [0, 0.1) is 5.92 Å². The molecule has 0 unspecified atom stereocenters. The maximum absolute atomic E-state index is 11.7. The second-order valence-corrected chi connectivity index (χ2v) is 5.59. The molecular weight excluding hydrogens is 301 g/mol. The number of ether oxygens (including phenoxy) is 1. The van der Waals surface area contributed by atoms with Crippen molar-refractivity contribution in [2.24, 2.45) is 5.92 Å². The van der Waals surface area contributed by atoms with Gasteiger partial charge in [-0.25, -0.2) is 0 Å². The van der Waals surface area contributed by atoms with Gasteiger partial charge in [-0.15, -0.1) is 0 Å². The molecular formula is C14H15Cl2NO3. The quantitative estimate of drug-likeness (QED) is 0.821. The van der Waals surface area contributed by atoms with Crippen molar-refractivity contribution >= 4 is 35.1 Å². The summed E-state index contributed by atoms with van der Waals surface area (Å²) in [5.74, 6) is -0.226. The van der Waals surface area contributed by atoms with Crippen LogP contribution in [-0.4, -0.2) is 25.0 Å². The molecule has 1 saturated carbocycles. The van der Waals surface area contributed by atoms with Gasteiger partial charge in [-0.05, 0) is 36.5 Å². The SMILES string of the molecule is O=C(Cc1c(Cl)cccc1Cl)NCC(=O)OCC1CC1. The van der Waals surface area contributed by atoms with Gasteiger partial charge in [-0.3, -0.25) is 9.59 Å². The number of benzene rings is 1. The van der Waals surface area contributed by atoms with E-state index < -0.39 is 5.97 Å². The van der Waals surface area contributed by atoms with Gasteiger partial charge in [-0.1, -0.05) is 29.3 Å². The number of rotatable bonds is 6. The van der Waals surface area contributed by atoms with E-state index in [1.165, 1.54) is 0 Å². The Labute approximate surface area is 127 Å². The van der Waals surface area contributed by atoms with Crippen molar-refractivity contribution in [3.05, 3.63) is 33.8 Å². The van der Waals surface area contributed by atoms with Crippen molar-refractivity contribution < 1.29 is 14.3 Å². The summed E-state index contributed by atoms with van der Waals surface area (Å²) in [5, 5.41) is 3.37. The Morgan fingerprint density at radius 2 is 1.90 bits per heavy atom. The Balaban J connectivity index is 1.75. The molecule has 0 saturated heterocycles. The number of hydrogen-bond donors (Lipinski definition) is 1. The van der Waals surface area contributed by atoms with Crippen LogP contribution >= 0.6 is 23.2 Å². The molecule has 1 aliphatic carbocycles. The lowest BCUT2D eigenvalue weighted by Crippen LogP contribution is -2.32. The Bertz CT molecular complexity index is 495. The first-order chi connectivity index (χ1) is 9.56. The summed E-state index contributed by atoms with van der Waals surface area (Å²) in [4.78, 5) is 23.1. The van der Waals surface area contributed by atoms with Gasteiger partial charge < -0.3 is 10.1 Å². The molecule has 0 spiro atoms. The minimum atomic E-state index is -0.421. The smallest absolute Gasteiger partial charge is 0.325 e. The molecule has 4 nitrogen and oxygen atoms in total. The van der Waals surface area contributed by atoms with Gasteiger partial charge in [0.2, 0.25) is 5.91 Å². The molecule has 0 aromatic heterocycles. The third-order valence-corrected chi connectivity index (χ3v) is 3.71. The minimum absolute atomic E-state index is 0.0361. The monoisotopic (exact) mass is 315 g/mol. The topological polar surface area (TPSA) is 55.4 Å². The fraction of sp³-hybridized carbons (Fsp3) is 0.429. The zero-order valence-corrected chi connectivity index (χ0v) is 12.3. The molecule has 1 amide bonds. The second-order valence-electron chi connectivity index (χ2n) is 4.78. The van der Waals surface area contributed by atoms with Crippen LogP contribution in [0.25, 0.3) is 0 Å². The Morgan fingerprint density at radius 3 is 2.50 bits per heavy atom. The van der Waals surface area contributed by atoms with E-state index >= 15 is 0 Å². The fourth-order valence-electron chi connectivity index (χ4n) is 1.64. The van der Waals surface area contributed by atoms with Crippen LogP contribution in [0.3, 0.4) is 0 Å². The maximum atomic E-state index is 11.7. The van der Waals surface area contributed by atoms with Gasteiger partial charge in [0.05, 0.1) is 13.0 Å². The van der Waals surface area contributed by atoms with Crippen LogP contribution in [0.4, 0.5) is 0 Å². The van der Waals surface area contributed by atoms with Crippen LogP contribution in [0.1, 0.15) is 18.4 Å². The van der Waals surface area contributed by atoms with Crippen molar-refractivity contribution in [1.82, 2.24) is 5.32 Å². The van der Waals surface area contributed by atoms with Crippen molar-refractivity contribution in [2.75, 3.05) is 13.2 Å². The third kappa shape index (κ3) is 4.69. The first-order valence-corrected chi connectivity index (χ1v) is 7.17. The third-order valence-electron chi connectivity index (χ3n) is 3.01. The summed E-state index contributed by atoms with van der Waals surface area (Å²) in [6.45, 7) is 0.318. The summed E-state index contributed by atoms with van der Waals surface area (Å²) in [5.41, 5.74) is 0.555. The second kappa shape index (κ2) is 6.95. The highest BCUT2D eigenvalue weighted by Gasteiger charge is 2.23. The van der Waals surface area contributed by atoms with Gasteiger partial charge in [0.25, 0.3) is 0 Å². The average Bonchev–Trinajstić information content (AvgIpc) is 3.22. The first kappa shape index (κ1) is 15.1. The van der Waals surface area contributed by atoms with Crippen molar-refractivity contribution in [2.45, 2.75) is 19.3 Å². The summed E-state index contributed by atoms with van der Waals surface area (Å²) in [6, 6.07) is 5.04. The highest BCUT2D eigenvalue weighted by Crippen LogP contribution is 2.28. The molecule has 0 heterocycles. The van der Waals surface area contributed by atoms with Gasteiger partial charge in [-0.2, -0.15) is 0 Å². The number of carbonyl (C=O) groups excluding carboxylic acids is 2. The van der Waals surface area contributed by atoms with E-state index in [2.05, 4.69) is 5.32 Å². The van der Waals surface area contributed by atoms with E-state index in [0.29, 0.717) is 28.1 Å². The average molecular weight is 316 g/mol. The zero-order chi connectivity index (χ0) is 14.5. The normalized spacial score (nSPS) is 13.9. The van der Waals surface area contributed by atoms with Gasteiger partial charge in [0.1, 0.15) is 6.54 Å². The summed E-state index contributed by atoms with van der Waals surface area (Å²) in [7, 11) is 0. The molecule has 108 valence electrons. The lowest BCUT2D eigenvalue weighted by atomic mass is 10.1. The summed E-state index contributed by atoms with van der Waals surface area (Å²) in [6.07, 6.45) is 2.27. The molecule has 2 rings (SSSR count). The van der Waals surface area contributed by atoms with Crippen LogP contribution in [0.2, 0.25) is 10.0 Å². The van der Waals surface area contributed by atoms with Gasteiger partial charge in [0.15, 0.2) is 0 Å². The number of amides is 1. The number of carbonyl (C=O) groups is 2. The highest BCUT2D eigenvalue weighted by atomic mass is 35.5. The first-order valence-electron chi connectivity index (χ1n) is 6.41. The zero-order valence-electron chi connectivity index (χ0n) is 10.8. The molecule has 1 fully saturated rings. The van der Waals surface area contributed by atoms with Gasteiger partial charge >= 0.3 is 5.97 Å². The lowest BCUT2D eigenvalue weighted by molar-refractivity contribution is -0.144. The molecule has 0 bridgehead atoms. The maximum Gasteiger partial charge on any atom is 0.325 e. The predicted octanol–water partition coefficient (Wildman–Crippen LogP) is 2.61. The van der Waals surface area contributed by atoms with E-state index in [4.69, 9.17) is 27.9 Å². The van der Waals surface area contributed by atoms with Crippen LogP contribution < -0.4 is 5.32 Å². The molecule has 0 radical (unpaired) electrons. The van der Waals surface area contributed by atoms with Crippen LogP contribution in [0.5, 0.6) is 0 Å². The lowest BCUT2D eigenvalue weighted by Gasteiger charge is -2.08. The van der Waals surface area contributed by atoms with Crippen molar-refractivity contribution in [3.63, 3.8) is 0 Å². The van der Waals surface area contributed by atoms with E-state index in [-0.39, 0.29) is 18.9 Å². The van der Waals surface area contributed by atoms with Crippen molar-refractivity contribution in [3.8, 4) is 0 Å². The molecule has 1 N–H and O–H groups in total. The number of esters is 1.